The Bertz CT molecular complexity index is 551. The van der Waals surface area contributed by atoms with Crippen LogP contribution in [-0.4, -0.2) is 17.9 Å². The lowest BCUT2D eigenvalue weighted by Crippen LogP contribution is -2.36. The molecule has 2 atom stereocenters. The number of nitriles is 1. The van der Waals surface area contributed by atoms with Crippen molar-refractivity contribution in [3.8, 4) is 6.07 Å². The summed E-state index contributed by atoms with van der Waals surface area (Å²) in [5.41, 5.74) is 0.323. The summed E-state index contributed by atoms with van der Waals surface area (Å²) in [4.78, 5) is 12.1. The standard InChI is InChI=1S/C16H19NO3/c1-15(2,3)14-19-13(18)16(4,20-14)9-11-5-7-12(10-17)8-6-11/h5-8,14H,9H2,1-4H3/t14-,16-/m1/s1. The number of carbonyl (C=O) groups is 1. The fourth-order valence-electron chi connectivity index (χ4n) is 2.08. The quantitative estimate of drug-likeness (QED) is 0.777. The molecule has 1 aromatic carbocycles. The predicted molar refractivity (Wildman–Crippen MR) is 73.7 cm³/mol. The Hall–Kier alpha value is -1.86. The van der Waals surface area contributed by atoms with Crippen LogP contribution in [0.15, 0.2) is 24.3 Å². The minimum absolute atomic E-state index is 0.252. The molecular formula is C16H19NO3. The second kappa shape index (κ2) is 4.92. The average Bonchev–Trinajstić information content (AvgIpc) is 2.66. The first-order valence-electron chi connectivity index (χ1n) is 6.62. The number of rotatable bonds is 2. The molecule has 1 aliphatic rings. The molecule has 106 valence electrons. The molecule has 4 nitrogen and oxygen atoms in total. The van der Waals surface area contributed by atoms with Gasteiger partial charge in [-0.25, -0.2) is 4.79 Å². The molecule has 0 radical (unpaired) electrons. The van der Waals surface area contributed by atoms with Gasteiger partial charge in [0.15, 0.2) is 5.60 Å². The molecule has 0 N–H and O–H groups in total. The number of hydrogen-bond acceptors (Lipinski definition) is 4. The van der Waals surface area contributed by atoms with Crippen LogP contribution >= 0.6 is 0 Å². The van der Waals surface area contributed by atoms with Crippen molar-refractivity contribution < 1.29 is 14.3 Å². The molecule has 1 heterocycles. The number of esters is 1. The van der Waals surface area contributed by atoms with Crippen molar-refractivity contribution >= 4 is 5.97 Å². The maximum Gasteiger partial charge on any atom is 0.340 e. The molecule has 0 saturated carbocycles. The molecule has 1 aromatic rings. The largest absolute Gasteiger partial charge is 0.433 e. The normalized spacial score (nSPS) is 26.1. The van der Waals surface area contributed by atoms with E-state index in [4.69, 9.17) is 14.7 Å². The van der Waals surface area contributed by atoms with Gasteiger partial charge in [-0.2, -0.15) is 5.26 Å². The van der Waals surface area contributed by atoms with E-state index in [2.05, 4.69) is 6.07 Å². The molecule has 0 aliphatic carbocycles. The number of cyclic esters (lactones) is 1. The Labute approximate surface area is 119 Å². The second-order valence-electron chi connectivity index (χ2n) is 6.44. The fraction of sp³-hybridized carbons (Fsp3) is 0.500. The van der Waals surface area contributed by atoms with Crippen molar-refractivity contribution in [3.05, 3.63) is 35.4 Å². The van der Waals surface area contributed by atoms with E-state index in [0.29, 0.717) is 12.0 Å². The lowest BCUT2D eigenvalue weighted by molar-refractivity contribution is -0.155. The van der Waals surface area contributed by atoms with Gasteiger partial charge in [0.2, 0.25) is 6.29 Å². The zero-order valence-electron chi connectivity index (χ0n) is 12.3. The first kappa shape index (κ1) is 14.5. The van der Waals surface area contributed by atoms with Gasteiger partial charge in [-0.05, 0) is 24.6 Å². The van der Waals surface area contributed by atoms with Crippen molar-refractivity contribution in [1.29, 1.82) is 5.26 Å². The van der Waals surface area contributed by atoms with Gasteiger partial charge < -0.3 is 9.47 Å². The van der Waals surface area contributed by atoms with E-state index >= 15 is 0 Å². The van der Waals surface area contributed by atoms with Crippen LogP contribution in [0.3, 0.4) is 0 Å². The predicted octanol–water partition coefficient (Wildman–Crippen LogP) is 2.81. The minimum atomic E-state index is -0.966. The second-order valence-corrected chi connectivity index (χ2v) is 6.44. The highest BCUT2D eigenvalue weighted by Gasteiger charge is 2.50. The van der Waals surface area contributed by atoms with Crippen LogP contribution in [0.1, 0.15) is 38.8 Å². The molecule has 0 amide bonds. The van der Waals surface area contributed by atoms with Crippen LogP contribution in [0.25, 0.3) is 0 Å². The summed E-state index contributed by atoms with van der Waals surface area (Å²) in [6.07, 6.45) is -0.0946. The molecule has 4 heteroatoms. The number of nitrogens with zero attached hydrogens (tertiary/aromatic N) is 1. The number of benzene rings is 1. The third kappa shape index (κ3) is 2.83. The van der Waals surface area contributed by atoms with Crippen molar-refractivity contribution in [2.24, 2.45) is 5.41 Å². The SMILES string of the molecule is CC(C)(C)[C@@H]1OC(=O)[C@@](C)(Cc2ccc(C#N)cc2)O1. The van der Waals surface area contributed by atoms with Crippen LogP contribution in [0.4, 0.5) is 0 Å². The van der Waals surface area contributed by atoms with Crippen LogP contribution in [0.5, 0.6) is 0 Å². The molecular weight excluding hydrogens is 254 g/mol. The molecule has 0 spiro atoms. The maximum atomic E-state index is 12.1. The van der Waals surface area contributed by atoms with Crippen LogP contribution in [-0.2, 0) is 20.7 Å². The summed E-state index contributed by atoms with van der Waals surface area (Å²) >= 11 is 0. The topological polar surface area (TPSA) is 59.3 Å². The van der Waals surface area contributed by atoms with Crippen molar-refractivity contribution in [2.75, 3.05) is 0 Å². The Kier molecular flexibility index (Phi) is 3.58. The molecule has 1 fully saturated rings. The zero-order chi connectivity index (χ0) is 15.0. The first-order valence-corrected chi connectivity index (χ1v) is 6.62. The number of hydrogen-bond donors (Lipinski definition) is 0. The van der Waals surface area contributed by atoms with Gasteiger partial charge in [-0.3, -0.25) is 0 Å². The van der Waals surface area contributed by atoms with E-state index in [9.17, 15) is 4.79 Å². The number of carbonyl (C=O) groups excluding carboxylic acids is 1. The molecule has 2 rings (SSSR count). The van der Waals surface area contributed by atoms with E-state index in [1.807, 2.05) is 32.9 Å². The summed E-state index contributed by atoms with van der Waals surface area (Å²) in [6, 6.07) is 9.22. The molecule has 0 bridgehead atoms. The van der Waals surface area contributed by atoms with Crippen molar-refractivity contribution in [1.82, 2.24) is 0 Å². The van der Waals surface area contributed by atoms with Gasteiger partial charge in [0.1, 0.15) is 0 Å². The number of ether oxygens (including phenoxy) is 2. The lowest BCUT2D eigenvalue weighted by Gasteiger charge is -2.26. The average molecular weight is 273 g/mol. The van der Waals surface area contributed by atoms with Gasteiger partial charge >= 0.3 is 5.97 Å². The fourth-order valence-corrected chi connectivity index (χ4v) is 2.08. The van der Waals surface area contributed by atoms with Gasteiger partial charge in [-0.15, -0.1) is 0 Å². The summed E-state index contributed by atoms with van der Waals surface area (Å²) in [6.45, 7) is 7.66. The van der Waals surface area contributed by atoms with Gasteiger partial charge in [0, 0.05) is 11.8 Å². The van der Waals surface area contributed by atoms with Gasteiger partial charge in [0.25, 0.3) is 0 Å². The zero-order valence-corrected chi connectivity index (χ0v) is 12.3. The summed E-state index contributed by atoms with van der Waals surface area (Å²) in [7, 11) is 0. The maximum absolute atomic E-state index is 12.1. The third-order valence-corrected chi connectivity index (χ3v) is 3.34. The Morgan fingerprint density at radius 3 is 2.35 bits per heavy atom. The van der Waals surface area contributed by atoms with Crippen molar-refractivity contribution in [2.45, 2.75) is 46.0 Å². The summed E-state index contributed by atoms with van der Waals surface area (Å²) in [5.74, 6) is -0.332. The highest BCUT2D eigenvalue weighted by atomic mass is 16.8. The molecule has 0 aromatic heterocycles. The van der Waals surface area contributed by atoms with Crippen LogP contribution in [0.2, 0.25) is 0 Å². The monoisotopic (exact) mass is 273 g/mol. The van der Waals surface area contributed by atoms with E-state index in [-0.39, 0.29) is 11.4 Å². The molecule has 1 saturated heterocycles. The summed E-state index contributed by atoms with van der Waals surface area (Å²) < 4.78 is 11.2. The minimum Gasteiger partial charge on any atom is -0.433 e. The Morgan fingerprint density at radius 2 is 1.90 bits per heavy atom. The highest BCUT2D eigenvalue weighted by molar-refractivity contribution is 5.81. The summed E-state index contributed by atoms with van der Waals surface area (Å²) in [5, 5.41) is 8.78. The van der Waals surface area contributed by atoms with Gasteiger partial charge in [-0.1, -0.05) is 32.9 Å². The highest BCUT2D eigenvalue weighted by Crippen LogP contribution is 2.36. The lowest BCUT2D eigenvalue weighted by atomic mass is 9.94. The molecule has 1 aliphatic heterocycles. The van der Waals surface area contributed by atoms with E-state index in [1.54, 1.807) is 19.1 Å². The van der Waals surface area contributed by atoms with E-state index in [0.717, 1.165) is 5.56 Å². The van der Waals surface area contributed by atoms with Crippen LogP contribution < -0.4 is 0 Å². The molecule has 0 unspecified atom stereocenters. The smallest absolute Gasteiger partial charge is 0.340 e. The van der Waals surface area contributed by atoms with E-state index in [1.165, 1.54) is 0 Å². The van der Waals surface area contributed by atoms with Crippen LogP contribution in [0, 0.1) is 16.7 Å². The van der Waals surface area contributed by atoms with Crippen molar-refractivity contribution in [3.63, 3.8) is 0 Å². The third-order valence-electron chi connectivity index (χ3n) is 3.34. The molecule has 20 heavy (non-hydrogen) atoms. The Balaban J connectivity index is 2.15. The van der Waals surface area contributed by atoms with E-state index < -0.39 is 11.9 Å². The van der Waals surface area contributed by atoms with Gasteiger partial charge in [0.05, 0.1) is 11.6 Å². The first-order chi connectivity index (χ1) is 9.24. The Morgan fingerprint density at radius 1 is 1.30 bits per heavy atom.